The number of rotatable bonds is 6. The molecular formula is C22H26N4O. The molecule has 0 aliphatic rings. The molecule has 0 radical (unpaired) electrons. The highest BCUT2D eigenvalue weighted by Crippen LogP contribution is 2.19. The zero-order valence-electron chi connectivity index (χ0n) is 16.1. The van der Waals surface area contributed by atoms with E-state index in [9.17, 15) is 0 Å². The molecule has 1 aromatic heterocycles. The molecular weight excluding hydrogens is 336 g/mol. The molecule has 0 saturated carbocycles. The number of aromatic nitrogens is 1. The van der Waals surface area contributed by atoms with Gasteiger partial charge in [0.05, 0.1) is 12.6 Å². The van der Waals surface area contributed by atoms with E-state index < -0.39 is 0 Å². The number of guanidine groups is 1. The number of pyridine rings is 1. The van der Waals surface area contributed by atoms with Crippen LogP contribution in [0.3, 0.4) is 0 Å². The average Bonchev–Trinajstić information content (AvgIpc) is 2.70. The van der Waals surface area contributed by atoms with Gasteiger partial charge in [0.25, 0.3) is 0 Å². The summed E-state index contributed by atoms with van der Waals surface area (Å²) in [4.78, 5) is 8.73. The summed E-state index contributed by atoms with van der Waals surface area (Å²) in [6.07, 6.45) is 2.71. The second kappa shape index (κ2) is 9.03. The quantitative estimate of drug-likeness (QED) is 0.521. The first-order chi connectivity index (χ1) is 13.2. The number of aliphatic imine (C=N–C) groups is 1. The molecule has 0 aliphatic carbocycles. The van der Waals surface area contributed by atoms with Gasteiger partial charge in [-0.05, 0) is 42.7 Å². The van der Waals surface area contributed by atoms with E-state index in [-0.39, 0.29) is 0 Å². The van der Waals surface area contributed by atoms with E-state index in [1.54, 1.807) is 14.2 Å². The lowest BCUT2D eigenvalue weighted by atomic mass is 10.1. The zero-order valence-corrected chi connectivity index (χ0v) is 16.1. The molecule has 0 spiro atoms. The van der Waals surface area contributed by atoms with Crippen LogP contribution in [-0.2, 0) is 13.0 Å². The van der Waals surface area contributed by atoms with Crippen molar-refractivity contribution >= 4 is 16.9 Å². The van der Waals surface area contributed by atoms with Crippen molar-refractivity contribution in [1.82, 2.24) is 15.6 Å². The van der Waals surface area contributed by atoms with Crippen LogP contribution in [0.4, 0.5) is 0 Å². The normalized spacial score (nSPS) is 11.4. The first-order valence-electron chi connectivity index (χ1n) is 9.12. The molecule has 0 amide bonds. The Morgan fingerprint density at radius 1 is 1.07 bits per heavy atom. The van der Waals surface area contributed by atoms with Crippen molar-refractivity contribution in [3.05, 3.63) is 71.4 Å². The summed E-state index contributed by atoms with van der Waals surface area (Å²) in [5, 5.41) is 7.92. The van der Waals surface area contributed by atoms with Gasteiger partial charge < -0.3 is 15.4 Å². The first kappa shape index (κ1) is 18.7. The molecule has 1 heterocycles. The second-order valence-corrected chi connectivity index (χ2v) is 6.41. The van der Waals surface area contributed by atoms with E-state index in [0.29, 0.717) is 6.54 Å². The van der Waals surface area contributed by atoms with Crippen LogP contribution in [0.1, 0.15) is 16.7 Å². The molecule has 2 aromatic carbocycles. The summed E-state index contributed by atoms with van der Waals surface area (Å²) < 4.78 is 5.45. The lowest BCUT2D eigenvalue weighted by molar-refractivity contribution is 0.409. The Labute approximate surface area is 160 Å². The second-order valence-electron chi connectivity index (χ2n) is 6.41. The van der Waals surface area contributed by atoms with Crippen LogP contribution < -0.4 is 15.4 Å². The summed E-state index contributed by atoms with van der Waals surface area (Å²) >= 11 is 0. The highest BCUT2D eigenvalue weighted by atomic mass is 16.5. The Bertz CT molecular complexity index is 931. The van der Waals surface area contributed by atoms with Gasteiger partial charge in [0.1, 0.15) is 5.75 Å². The standard InChI is InChI=1S/C22H26N4O/c1-16-8-9-21(27-3)17(14-16)10-13-25-22(23-2)26-15-18-11-12-24-20-7-5-4-6-19(18)20/h4-9,11-12,14H,10,13,15H2,1-3H3,(H2,23,25,26). The van der Waals surface area contributed by atoms with E-state index in [4.69, 9.17) is 4.74 Å². The van der Waals surface area contributed by atoms with E-state index in [1.807, 2.05) is 36.5 Å². The third kappa shape index (κ3) is 4.76. The summed E-state index contributed by atoms with van der Waals surface area (Å²) in [7, 11) is 3.49. The molecule has 3 aromatic rings. The molecule has 0 bridgehead atoms. The molecule has 0 unspecified atom stereocenters. The van der Waals surface area contributed by atoms with Gasteiger partial charge in [-0.3, -0.25) is 9.98 Å². The Kier molecular flexibility index (Phi) is 6.26. The molecule has 27 heavy (non-hydrogen) atoms. The minimum atomic E-state index is 0.691. The number of methoxy groups -OCH3 is 1. The van der Waals surface area contributed by atoms with Crippen LogP contribution in [0.25, 0.3) is 10.9 Å². The van der Waals surface area contributed by atoms with Crippen LogP contribution in [0.5, 0.6) is 5.75 Å². The van der Waals surface area contributed by atoms with Gasteiger partial charge in [-0.25, -0.2) is 0 Å². The number of fused-ring (bicyclic) bond motifs is 1. The fourth-order valence-corrected chi connectivity index (χ4v) is 3.13. The fraction of sp³-hybridized carbons (Fsp3) is 0.273. The lowest BCUT2D eigenvalue weighted by Crippen LogP contribution is -2.37. The molecule has 2 N–H and O–H groups in total. The zero-order chi connectivity index (χ0) is 19.1. The Morgan fingerprint density at radius 3 is 2.74 bits per heavy atom. The van der Waals surface area contributed by atoms with Gasteiger partial charge in [-0.1, -0.05) is 35.9 Å². The van der Waals surface area contributed by atoms with Crippen molar-refractivity contribution < 1.29 is 4.74 Å². The lowest BCUT2D eigenvalue weighted by Gasteiger charge is -2.14. The predicted octanol–water partition coefficient (Wildman–Crippen LogP) is 3.46. The van der Waals surface area contributed by atoms with Gasteiger partial charge in [-0.2, -0.15) is 0 Å². The largest absolute Gasteiger partial charge is 0.496 e. The maximum Gasteiger partial charge on any atom is 0.191 e. The van der Waals surface area contributed by atoms with Gasteiger partial charge >= 0.3 is 0 Å². The molecule has 5 nitrogen and oxygen atoms in total. The van der Waals surface area contributed by atoms with Crippen molar-refractivity contribution in [3.63, 3.8) is 0 Å². The monoisotopic (exact) mass is 362 g/mol. The SMILES string of the molecule is CN=C(NCCc1cc(C)ccc1OC)NCc1ccnc2ccccc12. The Balaban J connectivity index is 1.58. The van der Waals surface area contributed by atoms with Gasteiger partial charge in [-0.15, -0.1) is 0 Å². The van der Waals surface area contributed by atoms with Crippen LogP contribution in [-0.4, -0.2) is 31.6 Å². The first-order valence-corrected chi connectivity index (χ1v) is 9.12. The third-order valence-electron chi connectivity index (χ3n) is 4.53. The van der Waals surface area contributed by atoms with E-state index in [2.05, 4.69) is 45.7 Å². The number of aryl methyl sites for hydroxylation is 1. The average molecular weight is 362 g/mol. The summed E-state index contributed by atoms with van der Waals surface area (Å²) in [6, 6.07) is 16.5. The highest BCUT2D eigenvalue weighted by molar-refractivity contribution is 5.83. The van der Waals surface area contributed by atoms with Crippen molar-refractivity contribution in [2.75, 3.05) is 20.7 Å². The number of para-hydroxylation sites is 1. The number of benzene rings is 2. The fourth-order valence-electron chi connectivity index (χ4n) is 3.13. The van der Waals surface area contributed by atoms with Crippen molar-refractivity contribution in [1.29, 1.82) is 0 Å². The van der Waals surface area contributed by atoms with Crippen LogP contribution >= 0.6 is 0 Å². The molecule has 3 rings (SSSR count). The minimum Gasteiger partial charge on any atom is -0.496 e. The van der Waals surface area contributed by atoms with Gasteiger partial charge in [0.2, 0.25) is 0 Å². The van der Waals surface area contributed by atoms with Gasteiger partial charge in [0, 0.05) is 31.7 Å². The van der Waals surface area contributed by atoms with Crippen molar-refractivity contribution in [2.24, 2.45) is 4.99 Å². The van der Waals surface area contributed by atoms with Crippen molar-refractivity contribution in [3.8, 4) is 5.75 Å². The maximum atomic E-state index is 5.45. The molecule has 5 heteroatoms. The van der Waals surface area contributed by atoms with Crippen LogP contribution in [0, 0.1) is 6.92 Å². The number of hydrogen-bond donors (Lipinski definition) is 2. The molecule has 0 aliphatic heterocycles. The minimum absolute atomic E-state index is 0.691. The predicted molar refractivity (Wildman–Crippen MR) is 111 cm³/mol. The third-order valence-corrected chi connectivity index (χ3v) is 4.53. The summed E-state index contributed by atoms with van der Waals surface area (Å²) in [5.41, 5.74) is 4.63. The van der Waals surface area contributed by atoms with Crippen molar-refractivity contribution in [2.45, 2.75) is 19.9 Å². The van der Waals surface area contributed by atoms with E-state index in [1.165, 1.54) is 16.7 Å². The maximum absolute atomic E-state index is 5.45. The molecule has 140 valence electrons. The highest BCUT2D eigenvalue weighted by Gasteiger charge is 2.05. The number of nitrogens with one attached hydrogen (secondary N) is 2. The van der Waals surface area contributed by atoms with Crippen LogP contribution in [0.15, 0.2) is 59.7 Å². The molecule has 0 fully saturated rings. The number of hydrogen-bond acceptors (Lipinski definition) is 3. The number of ether oxygens (including phenoxy) is 1. The Morgan fingerprint density at radius 2 is 1.93 bits per heavy atom. The summed E-state index contributed by atoms with van der Waals surface area (Å²) in [6.45, 7) is 3.56. The molecule has 0 atom stereocenters. The Hall–Kier alpha value is -3.08. The topological polar surface area (TPSA) is 58.5 Å². The number of nitrogens with zero attached hydrogens (tertiary/aromatic N) is 2. The van der Waals surface area contributed by atoms with Crippen LogP contribution in [0.2, 0.25) is 0 Å². The van der Waals surface area contributed by atoms with Gasteiger partial charge in [0.15, 0.2) is 5.96 Å². The molecule has 0 saturated heterocycles. The van der Waals surface area contributed by atoms with E-state index in [0.717, 1.165) is 35.6 Å². The summed E-state index contributed by atoms with van der Waals surface area (Å²) in [5.74, 6) is 1.70. The smallest absolute Gasteiger partial charge is 0.191 e. The van der Waals surface area contributed by atoms with E-state index >= 15 is 0 Å².